The van der Waals surface area contributed by atoms with E-state index in [1.54, 1.807) is 0 Å². The van der Waals surface area contributed by atoms with Crippen LogP contribution in [0.4, 0.5) is 27.9 Å². The number of fused-ring (bicyclic) bond motifs is 1. The molecule has 6 nitrogen and oxygen atoms in total. The molecule has 1 atom stereocenters. The summed E-state index contributed by atoms with van der Waals surface area (Å²) in [5, 5.41) is 9.90. The summed E-state index contributed by atoms with van der Waals surface area (Å²) in [6, 6.07) is 1.72. The summed E-state index contributed by atoms with van der Waals surface area (Å²) in [5.41, 5.74) is 0.0344. The number of rotatable bonds is 2. The number of carbonyl (C=O) groups is 1. The van der Waals surface area contributed by atoms with Crippen LogP contribution in [0.1, 0.15) is 15.9 Å². The van der Waals surface area contributed by atoms with E-state index in [0.717, 1.165) is 0 Å². The van der Waals surface area contributed by atoms with Crippen molar-refractivity contribution in [1.29, 1.82) is 5.41 Å². The molecular weight excluding hydrogens is 349 g/mol. The lowest BCUT2D eigenvalue weighted by atomic mass is 9.88. The predicted molar refractivity (Wildman–Crippen MR) is 74.6 cm³/mol. The van der Waals surface area contributed by atoms with E-state index in [1.807, 2.05) is 0 Å². The molecule has 1 amide bonds. The number of nitrogens with two attached hydrogens (primary N) is 1. The molecule has 132 valence electrons. The van der Waals surface area contributed by atoms with Crippen LogP contribution in [0.2, 0.25) is 0 Å². The summed E-state index contributed by atoms with van der Waals surface area (Å²) in [4.78, 5) is 14.9. The zero-order valence-corrected chi connectivity index (χ0v) is 12.3. The average Bonchev–Trinajstić information content (AvgIpc) is 2.85. The van der Waals surface area contributed by atoms with Crippen molar-refractivity contribution in [3.8, 4) is 0 Å². The van der Waals surface area contributed by atoms with E-state index in [0.29, 0.717) is 29.0 Å². The third-order valence-electron chi connectivity index (χ3n) is 3.98. The van der Waals surface area contributed by atoms with E-state index in [1.165, 1.54) is 0 Å². The molecule has 1 aromatic carbocycles. The van der Waals surface area contributed by atoms with Crippen LogP contribution < -0.4 is 16.5 Å². The molecule has 0 bridgehead atoms. The standard InChI is InChI=1S/C14H10F5N5O/c15-6-1-2-8(9(16)3-6)13(14(17,18)19)5-22-12-23-10(20)7(11(21)25)4-24(12)13/h1-4H,5H2,(H2,21,25)(H2,20,22,23). The van der Waals surface area contributed by atoms with Gasteiger partial charge in [0, 0.05) is 17.8 Å². The van der Waals surface area contributed by atoms with Gasteiger partial charge in [-0.1, -0.05) is 6.07 Å². The zero-order chi connectivity index (χ0) is 18.6. The normalized spacial score (nSPS) is 19.4. The van der Waals surface area contributed by atoms with Crippen molar-refractivity contribution in [3.05, 3.63) is 52.6 Å². The van der Waals surface area contributed by atoms with Crippen molar-refractivity contribution >= 4 is 11.9 Å². The van der Waals surface area contributed by atoms with Crippen LogP contribution in [-0.2, 0) is 5.54 Å². The Hall–Kier alpha value is -2.98. The van der Waals surface area contributed by atoms with Crippen LogP contribution in [0, 0.1) is 17.0 Å². The number of alkyl halides is 3. The second-order valence-electron chi connectivity index (χ2n) is 5.40. The molecule has 1 aromatic heterocycles. The number of aromatic nitrogens is 2. The maximum Gasteiger partial charge on any atom is 0.418 e. The highest BCUT2D eigenvalue weighted by Gasteiger charge is 2.61. The molecule has 1 unspecified atom stereocenters. The third-order valence-corrected chi connectivity index (χ3v) is 3.98. The fourth-order valence-corrected chi connectivity index (χ4v) is 2.80. The molecule has 0 spiro atoms. The van der Waals surface area contributed by atoms with Crippen LogP contribution >= 0.6 is 0 Å². The molecular formula is C14H10F5N5O. The summed E-state index contributed by atoms with van der Waals surface area (Å²) in [7, 11) is 0. The SMILES string of the molecule is N=c1nc2n(cc1C(N)=O)C(c1ccc(F)cc1F)(C(F)(F)F)CN2. The molecule has 2 heterocycles. The Morgan fingerprint density at radius 3 is 2.60 bits per heavy atom. The molecule has 0 radical (unpaired) electrons. The minimum absolute atomic E-state index is 0.336. The molecule has 0 aliphatic carbocycles. The molecule has 0 fully saturated rings. The number of amides is 1. The Morgan fingerprint density at radius 1 is 1.36 bits per heavy atom. The summed E-state index contributed by atoms with van der Waals surface area (Å²) < 4.78 is 69.8. The van der Waals surface area contributed by atoms with Gasteiger partial charge >= 0.3 is 6.18 Å². The monoisotopic (exact) mass is 359 g/mol. The second-order valence-corrected chi connectivity index (χ2v) is 5.40. The number of hydrogen-bond donors (Lipinski definition) is 3. The van der Waals surface area contributed by atoms with Crippen molar-refractivity contribution in [2.24, 2.45) is 5.73 Å². The number of carbonyl (C=O) groups excluding carboxylic acids is 1. The highest BCUT2D eigenvalue weighted by atomic mass is 19.4. The van der Waals surface area contributed by atoms with Gasteiger partial charge in [-0.15, -0.1) is 0 Å². The van der Waals surface area contributed by atoms with E-state index in [9.17, 15) is 26.7 Å². The third kappa shape index (κ3) is 2.34. The molecule has 2 aromatic rings. The molecule has 1 aliphatic heterocycles. The van der Waals surface area contributed by atoms with Gasteiger partial charge in [-0.2, -0.15) is 18.2 Å². The number of benzene rings is 1. The fraction of sp³-hybridized carbons (Fsp3) is 0.214. The lowest BCUT2D eigenvalue weighted by Crippen LogP contribution is -2.50. The quantitative estimate of drug-likeness (QED) is 0.709. The Labute approximate surface area is 136 Å². The topological polar surface area (TPSA) is 96.8 Å². The van der Waals surface area contributed by atoms with Crippen molar-refractivity contribution in [2.45, 2.75) is 11.7 Å². The largest absolute Gasteiger partial charge is 0.418 e. The van der Waals surface area contributed by atoms with E-state index in [-0.39, 0.29) is 0 Å². The number of anilines is 1. The van der Waals surface area contributed by atoms with Gasteiger partial charge in [0.25, 0.3) is 5.91 Å². The average molecular weight is 359 g/mol. The van der Waals surface area contributed by atoms with E-state index < -0.39 is 58.4 Å². The first kappa shape index (κ1) is 16.9. The van der Waals surface area contributed by atoms with Crippen molar-refractivity contribution < 1.29 is 26.7 Å². The lowest BCUT2D eigenvalue weighted by Gasteiger charge is -2.34. The summed E-state index contributed by atoms with van der Waals surface area (Å²) >= 11 is 0. The molecule has 3 rings (SSSR count). The minimum Gasteiger partial charge on any atom is -0.365 e. The Balaban J connectivity index is 2.37. The summed E-state index contributed by atoms with van der Waals surface area (Å²) in [6.07, 6.45) is -4.34. The van der Waals surface area contributed by atoms with Gasteiger partial charge in [-0.3, -0.25) is 14.8 Å². The molecule has 1 aliphatic rings. The van der Waals surface area contributed by atoms with Crippen LogP contribution in [0.25, 0.3) is 0 Å². The van der Waals surface area contributed by atoms with E-state index in [4.69, 9.17) is 11.1 Å². The number of primary amides is 1. The molecule has 25 heavy (non-hydrogen) atoms. The van der Waals surface area contributed by atoms with Gasteiger partial charge in [0.15, 0.2) is 11.0 Å². The number of nitrogens with zero attached hydrogens (tertiary/aromatic N) is 2. The van der Waals surface area contributed by atoms with Crippen LogP contribution in [-0.4, -0.2) is 28.2 Å². The summed E-state index contributed by atoms with van der Waals surface area (Å²) in [6.45, 7) is -0.853. The van der Waals surface area contributed by atoms with Gasteiger partial charge in [0.05, 0.1) is 12.1 Å². The van der Waals surface area contributed by atoms with Crippen molar-refractivity contribution in [2.75, 3.05) is 11.9 Å². The van der Waals surface area contributed by atoms with Crippen LogP contribution in [0.15, 0.2) is 24.4 Å². The predicted octanol–water partition coefficient (Wildman–Crippen LogP) is 1.47. The molecule has 0 saturated carbocycles. The Kier molecular flexibility index (Phi) is 3.55. The highest BCUT2D eigenvalue weighted by Crippen LogP contribution is 2.47. The smallest absolute Gasteiger partial charge is 0.365 e. The molecule has 11 heteroatoms. The number of hydrogen-bond acceptors (Lipinski definition) is 4. The second kappa shape index (κ2) is 5.26. The van der Waals surface area contributed by atoms with Crippen molar-refractivity contribution in [1.82, 2.24) is 9.55 Å². The fourth-order valence-electron chi connectivity index (χ4n) is 2.80. The van der Waals surface area contributed by atoms with E-state index >= 15 is 0 Å². The first-order chi connectivity index (χ1) is 11.6. The number of nitrogens with one attached hydrogen (secondary N) is 2. The molecule has 4 N–H and O–H groups in total. The number of halogens is 5. The lowest BCUT2D eigenvalue weighted by molar-refractivity contribution is -0.193. The van der Waals surface area contributed by atoms with Crippen LogP contribution in [0.3, 0.4) is 0 Å². The zero-order valence-electron chi connectivity index (χ0n) is 12.3. The minimum atomic E-state index is -5.03. The van der Waals surface area contributed by atoms with Gasteiger partial charge < -0.3 is 11.1 Å². The maximum atomic E-state index is 14.2. The van der Waals surface area contributed by atoms with Gasteiger partial charge in [0.1, 0.15) is 11.6 Å². The van der Waals surface area contributed by atoms with Gasteiger partial charge in [-0.25, -0.2) is 8.78 Å². The Morgan fingerprint density at radius 2 is 2.04 bits per heavy atom. The molecule has 0 saturated heterocycles. The first-order valence-corrected chi connectivity index (χ1v) is 6.82. The van der Waals surface area contributed by atoms with Gasteiger partial charge in [0.2, 0.25) is 5.95 Å². The van der Waals surface area contributed by atoms with Crippen molar-refractivity contribution in [3.63, 3.8) is 0 Å². The van der Waals surface area contributed by atoms with E-state index in [2.05, 4.69) is 10.3 Å². The Bertz CT molecular complexity index is 938. The maximum absolute atomic E-state index is 14.2. The first-order valence-electron chi connectivity index (χ1n) is 6.82. The summed E-state index contributed by atoms with van der Waals surface area (Å²) in [5.74, 6) is -3.99. The van der Waals surface area contributed by atoms with Gasteiger partial charge in [-0.05, 0) is 6.07 Å². The highest BCUT2D eigenvalue weighted by molar-refractivity contribution is 5.92. The van der Waals surface area contributed by atoms with Crippen LogP contribution in [0.5, 0.6) is 0 Å².